The maximum Gasteiger partial charge on any atom is 0.306 e. The van der Waals surface area contributed by atoms with Crippen molar-refractivity contribution in [1.82, 2.24) is 0 Å². The van der Waals surface area contributed by atoms with Gasteiger partial charge in [0.15, 0.2) is 0 Å². The minimum atomic E-state index is -0.581. The molecule has 0 amide bonds. The molecule has 0 aromatic heterocycles. The predicted molar refractivity (Wildman–Crippen MR) is 132 cm³/mol. The van der Waals surface area contributed by atoms with E-state index in [1.165, 1.54) is 19.3 Å². The lowest BCUT2D eigenvalue weighted by molar-refractivity contribution is -0.148. The Morgan fingerprint density at radius 3 is 2.39 bits per heavy atom. The molecule has 0 aromatic rings. The number of Topliss-reactive ketones (excluding diaryl/α,β-unsaturated/α-hetero) is 1. The first-order chi connectivity index (χ1) is 15.4. The highest BCUT2D eigenvalue weighted by molar-refractivity contribution is 5.86. The summed E-state index contributed by atoms with van der Waals surface area (Å²) in [6.45, 7) is 13.8. The summed E-state index contributed by atoms with van der Waals surface area (Å²) in [4.78, 5) is 25.3. The van der Waals surface area contributed by atoms with Crippen LogP contribution in [0.4, 0.5) is 0 Å². The van der Waals surface area contributed by atoms with E-state index in [9.17, 15) is 14.7 Å². The Balaban J connectivity index is 1.47. The highest BCUT2D eigenvalue weighted by Gasteiger charge is 2.81. The van der Waals surface area contributed by atoms with Crippen molar-refractivity contribution in [3.63, 3.8) is 0 Å². The van der Waals surface area contributed by atoms with Crippen LogP contribution in [0.1, 0.15) is 106 Å². The van der Waals surface area contributed by atoms with Gasteiger partial charge in [-0.3, -0.25) is 9.59 Å². The predicted octanol–water partition coefficient (Wildman–Crippen LogP) is 7.30. The lowest BCUT2D eigenvalue weighted by Gasteiger charge is -2.60. The van der Waals surface area contributed by atoms with E-state index < -0.39 is 5.97 Å². The number of ketones is 1. The molecule has 2 spiro atoms. The molecule has 0 bridgehead atoms. The van der Waals surface area contributed by atoms with Crippen LogP contribution in [0, 0.1) is 56.7 Å². The Hall–Kier alpha value is -1.12. The molecule has 0 aliphatic heterocycles. The van der Waals surface area contributed by atoms with E-state index >= 15 is 0 Å². The molecule has 33 heavy (non-hydrogen) atoms. The van der Waals surface area contributed by atoms with Crippen LogP contribution in [0.3, 0.4) is 0 Å². The number of fused-ring (bicyclic) bond motifs is 2. The molecular formula is C30H46O3. The Kier molecular flexibility index (Phi) is 5.15. The first-order valence-corrected chi connectivity index (χ1v) is 13.8. The van der Waals surface area contributed by atoms with Gasteiger partial charge in [-0.1, -0.05) is 66.5 Å². The first-order valence-electron chi connectivity index (χ1n) is 13.8. The molecule has 0 aromatic carbocycles. The van der Waals surface area contributed by atoms with Crippen LogP contribution in [-0.4, -0.2) is 16.9 Å². The molecule has 4 saturated carbocycles. The standard InChI is InChI=1S/C30H46O3/c1-19(2)8-7-9-20(25(32)33)21-12-14-28(6)23-11-10-22-26(3,4)24(31)13-15-29(22)18-30(23,29)17-16-27(21,28)5/h16-17,19-23H,7-15,18H2,1-6H3,(H,32,33)/t20-,21-,22+,23+,27-,28+,29-,30+/m1/s1. The summed E-state index contributed by atoms with van der Waals surface area (Å²) in [6.07, 6.45) is 15.7. The van der Waals surface area contributed by atoms with E-state index in [4.69, 9.17) is 0 Å². The number of aliphatic carboxylic acids is 1. The van der Waals surface area contributed by atoms with Crippen LogP contribution in [0.25, 0.3) is 0 Å². The van der Waals surface area contributed by atoms with Gasteiger partial charge in [0.2, 0.25) is 0 Å². The second-order valence-corrected chi connectivity index (χ2v) is 14.1. The summed E-state index contributed by atoms with van der Waals surface area (Å²) >= 11 is 0. The van der Waals surface area contributed by atoms with Crippen molar-refractivity contribution in [2.45, 2.75) is 106 Å². The number of carboxylic acid groups (broad SMARTS) is 1. The number of carboxylic acids is 1. The van der Waals surface area contributed by atoms with Gasteiger partial charge in [-0.15, -0.1) is 0 Å². The van der Waals surface area contributed by atoms with Gasteiger partial charge in [-0.2, -0.15) is 0 Å². The third-order valence-electron chi connectivity index (χ3n) is 12.4. The van der Waals surface area contributed by atoms with Crippen LogP contribution < -0.4 is 0 Å². The van der Waals surface area contributed by atoms with Crippen LogP contribution in [0.5, 0.6) is 0 Å². The molecular weight excluding hydrogens is 408 g/mol. The molecule has 3 heteroatoms. The SMILES string of the molecule is CC(C)CCC[C@@H](C(=O)O)[C@H]1CC[C@@]2(C)[C@@H]3CC[C@H]4C(C)(C)C(=O)CC[C@@]45C[C@@]35C=C[C@]12C. The number of hydrogen-bond acceptors (Lipinski definition) is 2. The fourth-order valence-corrected chi connectivity index (χ4v) is 10.4. The van der Waals surface area contributed by atoms with Gasteiger partial charge in [0.05, 0.1) is 5.92 Å². The second kappa shape index (κ2) is 7.20. The van der Waals surface area contributed by atoms with Crippen molar-refractivity contribution in [3.8, 4) is 0 Å². The van der Waals surface area contributed by atoms with Gasteiger partial charge in [0, 0.05) is 11.8 Å². The number of allylic oxidation sites excluding steroid dienone is 2. The third-order valence-corrected chi connectivity index (χ3v) is 12.4. The normalized spacial score (nSPS) is 48.0. The minimum absolute atomic E-state index is 0.0412. The molecule has 184 valence electrons. The summed E-state index contributed by atoms with van der Waals surface area (Å²) in [5.41, 5.74) is 0.507. The van der Waals surface area contributed by atoms with Crippen molar-refractivity contribution >= 4 is 11.8 Å². The van der Waals surface area contributed by atoms with Crippen LogP contribution >= 0.6 is 0 Å². The molecule has 5 rings (SSSR count). The smallest absolute Gasteiger partial charge is 0.306 e. The Morgan fingerprint density at radius 1 is 1.03 bits per heavy atom. The summed E-state index contributed by atoms with van der Waals surface area (Å²) in [5, 5.41) is 10.3. The van der Waals surface area contributed by atoms with Crippen molar-refractivity contribution in [3.05, 3.63) is 12.2 Å². The van der Waals surface area contributed by atoms with E-state index in [-0.39, 0.29) is 33.5 Å². The van der Waals surface area contributed by atoms with Gasteiger partial charge >= 0.3 is 5.97 Å². The average molecular weight is 455 g/mol. The number of carbonyl (C=O) groups is 2. The van der Waals surface area contributed by atoms with E-state index in [1.54, 1.807) is 0 Å². The number of rotatable bonds is 6. The molecule has 5 aliphatic carbocycles. The number of carbonyl (C=O) groups excluding carboxylic acids is 1. The molecule has 4 fully saturated rings. The maximum atomic E-state index is 12.8. The van der Waals surface area contributed by atoms with Gasteiger partial charge in [0.1, 0.15) is 5.78 Å². The first kappa shape index (κ1) is 23.6. The van der Waals surface area contributed by atoms with Crippen molar-refractivity contribution < 1.29 is 14.7 Å². The van der Waals surface area contributed by atoms with E-state index in [0.717, 1.165) is 44.9 Å². The molecule has 0 radical (unpaired) electrons. The van der Waals surface area contributed by atoms with E-state index in [0.29, 0.717) is 29.0 Å². The van der Waals surface area contributed by atoms with Crippen molar-refractivity contribution in [2.24, 2.45) is 56.7 Å². The molecule has 1 N–H and O–H groups in total. The lowest BCUT2D eigenvalue weighted by Crippen LogP contribution is -2.55. The van der Waals surface area contributed by atoms with Crippen LogP contribution in [0.15, 0.2) is 12.2 Å². The summed E-state index contributed by atoms with van der Waals surface area (Å²) in [6, 6.07) is 0. The Morgan fingerprint density at radius 2 is 1.73 bits per heavy atom. The molecule has 5 aliphatic rings. The van der Waals surface area contributed by atoms with Crippen molar-refractivity contribution in [2.75, 3.05) is 0 Å². The van der Waals surface area contributed by atoms with Gasteiger partial charge in [0.25, 0.3) is 0 Å². The summed E-state index contributed by atoms with van der Waals surface area (Å²) in [5.74, 6) is 1.67. The van der Waals surface area contributed by atoms with Gasteiger partial charge in [-0.25, -0.2) is 0 Å². The second-order valence-electron chi connectivity index (χ2n) is 14.1. The topological polar surface area (TPSA) is 54.4 Å². The largest absolute Gasteiger partial charge is 0.481 e. The zero-order valence-electron chi connectivity index (χ0n) is 21.9. The van der Waals surface area contributed by atoms with Gasteiger partial charge in [-0.05, 0) is 90.3 Å². The van der Waals surface area contributed by atoms with E-state index in [1.807, 2.05) is 0 Å². The van der Waals surface area contributed by atoms with Crippen LogP contribution in [0.2, 0.25) is 0 Å². The molecule has 3 nitrogen and oxygen atoms in total. The maximum absolute atomic E-state index is 12.8. The monoisotopic (exact) mass is 454 g/mol. The van der Waals surface area contributed by atoms with Crippen molar-refractivity contribution in [1.29, 1.82) is 0 Å². The molecule has 8 atom stereocenters. The zero-order chi connectivity index (χ0) is 24.0. The quantitative estimate of drug-likeness (QED) is 0.428. The highest BCUT2D eigenvalue weighted by atomic mass is 16.4. The third kappa shape index (κ3) is 2.86. The minimum Gasteiger partial charge on any atom is -0.481 e. The molecule has 0 unspecified atom stereocenters. The zero-order valence-corrected chi connectivity index (χ0v) is 21.9. The van der Waals surface area contributed by atoms with Crippen LogP contribution in [-0.2, 0) is 9.59 Å². The molecule has 0 heterocycles. The molecule has 0 saturated heterocycles. The summed E-state index contributed by atoms with van der Waals surface area (Å²) in [7, 11) is 0. The summed E-state index contributed by atoms with van der Waals surface area (Å²) < 4.78 is 0. The lowest BCUT2D eigenvalue weighted by atomic mass is 9.44. The highest BCUT2D eigenvalue weighted by Crippen LogP contribution is 2.87. The fraction of sp³-hybridized carbons (Fsp3) is 0.867. The van der Waals surface area contributed by atoms with Gasteiger partial charge < -0.3 is 5.11 Å². The average Bonchev–Trinajstić information content (AvgIpc) is 3.32. The Labute approximate surface area is 201 Å². The van der Waals surface area contributed by atoms with E-state index in [2.05, 4.69) is 53.7 Å². The fourth-order valence-electron chi connectivity index (χ4n) is 10.4. The number of hydrogen-bond donors (Lipinski definition) is 1. The Bertz CT molecular complexity index is 885.